The van der Waals surface area contributed by atoms with Crippen molar-refractivity contribution in [2.24, 2.45) is 0 Å². The van der Waals surface area contributed by atoms with E-state index in [1.54, 1.807) is 0 Å². The molecule has 1 saturated heterocycles. The Kier molecular flexibility index (Phi) is 8.46. The molecule has 0 bridgehead atoms. The van der Waals surface area contributed by atoms with Crippen molar-refractivity contribution >= 4 is 49.1 Å². The third-order valence-corrected chi connectivity index (χ3v) is 9.07. The SMILES string of the molecule is COCC(=O)Nc1ncc(S(=O)(=O)N2CCN(C[C@H](C)Nc3ncnc4c(C(F)(F)F)cccc34)CC2)s1. The number of nitrogens with one attached hydrogen (secondary N) is 2. The number of alkyl halides is 3. The minimum absolute atomic E-state index is 0.0302. The fourth-order valence-corrected chi connectivity index (χ4v) is 6.73. The Labute approximate surface area is 221 Å². The number of para-hydroxylation sites is 1. The third-order valence-electron chi connectivity index (χ3n) is 5.82. The van der Waals surface area contributed by atoms with Gasteiger partial charge >= 0.3 is 6.18 Å². The van der Waals surface area contributed by atoms with Crippen molar-refractivity contribution in [2.45, 2.75) is 23.4 Å². The molecule has 3 heterocycles. The van der Waals surface area contributed by atoms with Crippen LogP contribution in [0.1, 0.15) is 12.5 Å². The number of hydrogen-bond donors (Lipinski definition) is 2. The van der Waals surface area contributed by atoms with Crippen molar-refractivity contribution in [3.8, 4) is 0 Å². The second-order valence-electron chi connectivity index (χ2n) is 8.64. The number of carbonyl (C=O) groups excluding carboxylic acids is 1. The van der Waals surface area contributed by atoms with Crippen LogP contribution in [0, 0.1) is 0 Å². The molecule has 0 radical (unpaired) electrons. The maximum absolute atomic E-state index is 13.4. The Balaban J connectivity index is 1.35. The number of methoxy groups -OCH3 is 1. The zero-order chi connectivity index (χ0) is 27.5. The van der Waals surface area contributed by atoms with E-state index in [0.29, 0.717) is 25.5 Å². The molecule has 2 N–H and O–H groups in total. The van der Waals surface area contributed by atoms with Gasteiger partial charge in [0.15, 0.2) is 9.34 Å². The molecule has 4 rings (SSSR count). The van der Waals surface area contributed by atoms with E-state index in [9.17, 15) is 26.4 Å². The number of hydrogen-bond acceptors (Lipinski definition) is 10. The predicted molar refractivity (Wildman–Crippen MR) is 135 cm³/mol. The number of nitrogens with zero attached hydrogens (tertiary/aromatic N) is 5. The Morgan fingerprint density at radius 2 is 1.92 bits per heavy atom. The van der Waals surface area contributed by atoms with Gasteiger partial charge in [0.2, 0.25) is 0 Å². The van der Waals surface area contributed by atoms with Gasteiger partial charge in [-0.05, 0) is 19.1 Å². The van der Waals surface area contributed by atoms with E-state index in [4.69, 9.17) is 4.74 Å². The van der Waals surface area contributed by atoms with Crippen molar-refractivity contribution in [1.82, 2.24) is 24.2 Å². The second-order valence-corrected chi connectivity index (χ2v) is 11.8. The summed E-state index contributed by atoms with van der Waals surface area (Å²) in [6.07, 6.45) is -2.21. The average Bonchev–Trinajstić information content (AvgIpc) is 3.33. The molecule has 16 heteroatoms. The first kappa shape index (κ1) is 28.1. The summed E-state index contributed by atoms with van der Waals surface area (Å²) >= 11 is 0.869. The molecule has 2 aromatic heterocycles. The van der Waals surface area contributed by atoms with E-state index >= 15 is 0 Å². The molecule has 1 aliphatic rings. The molecule has 3 aromatic rings. The lowest BCUT2D eigenvalue weighted by atomic mass is 10.1. The highest BCUT2D eigenvalue weighted by Crippen LogP contribution is 2.35. The number of sulfonamides is 1. The molecule has 0 unspecified atom stereocenters. The van der Waals surface area contributed by atoms with E-state index in [0.717, 1.165) is 23.7 Å². The number of fused-ring (bicyclic) bond motifs is 1. The molecule has 0 saturated carbocycles. The van der Waals surface area contributed by atoms with Crippen LogP contribution < -0.4 is 10.6 Å². The van der Waals surface area contributed by atoms with Crippen LogP contribution in [0.4, 0.5) is 24.1 Å². The lowest BCUT2D eigenvalue weighted by Crippen LogP contribution is -2.50. The number of benzene rings is 1. The van der Waals surface area contributed by atoms with Gasteiger partial charge in [0, 0.05) is 51.3 Å². The van der Waals surface area contributed by atoms with Crippen LogP contribution in [-0.4, -0.2) is 91.0 Å². The number of aromatic nitrogens is 3. The molecule has 38 heavy (non-hydrogen) atoms. The maximum Gasteiger partial charge on any atom is 0.418 e. The van der Waals surface area contributed by atoms with E-state index < -0.39 is 27.7 Å². The number of rotatable bonds is 9. The Morgan fingerprint density at radius 3 is 2.61 bits per heavy atom. The molecule has 1 amide bonds. The molecule has 1 atom stereocenters. The van der Waals surface area contributed by atoms with Gasteiger partial charge < -0.3 is 10.1 Å². The number of carbonyl (C=O) groups is 1. The summed E-state index contributed by atoms with van der Waals surface area (Å²) in [5, 5.41) is 6.09. The molecule has 206 valence electrons. The summed E-state index contributed by atoms with van der Waals surface area (Å²) in [7, 11) is -2.40. The minimum Gasteiger partial charge on any atom is -0.375 e. The summed E-state index contributed by atoms with van der Waals surface area (Å²) in [6, 6.07) is 3.66. The van der Waals surface area contributed by atoms with Gasteiger partial charge in [-0.15, -0.1) is 0 Å². The average molecular weight is 574 g/mol. The van der Waals surface area contributed by atoms with E-state index in [-0.39, 0.29) is 46.0 Å². The topological polar surface area (TPSA) is 130 Å². The fourth-order valence-electron chi connectivity index (χ4n) is 4.10. The first-order valence-electron chi connectivity index (χ1n) is 11.5. The largest absolute Gasteiger partial charge is 0.418 e. The Hall–Kier alpha value is -2.92. The van der Waals surface area contributed by atoms with Crippen molar-refractivity contribution in [2.75, 3.05) is 57.1 Å². The third kappa shape index (κ3) is 6.37. The molecule has 1 fully saturated rings. The number of anilines is 2. The summed E-state index contributed by atoms with van der Waals surface area (Å²) < 4.78 is 72.3. The predicted octanol–water partition coefficient (Wildman–Crippen LogP) is 2.50. The lowest BCUT2D eigenvalue weighted by Gasteiger charge is -2.35. The zero-order valence-electron chi connectivity index (χ0n) is 20.5. The summed E-state index contributed by atoms with van der Waals surface area (Å²) in [4.78, 5) is 25.6. The highest BCUT2D eigenvalue weighted by molar-refractivity contribution is 7.91. The van der Waals surface area contributed by atoms with E-state index in [2.05, 4.69) is 30.5 Å². The molecule has 1 aliphatic heterocycles. The highest BCUT2D eigenvalue weighted by atomic mass is 32.2. The van der Waals surface area contributed by atoms with Gasteiger partial charge in [-0.2, -0.15) is 17.5 Å². The molecule has 1 aromatic carbocycles. The molecule has 0 spiro atoms. The Morgan fingerprint density at radius 1 is 1.18 bits per heavy atom. The van der Waals surface area contributed by atoms with Crippen molar-refractivity contribution < 1.29 is 31.1 Å². The summed E-state index contributed by atoms with van der Waals surface area (Å²) in [6.45, 7) is 3.66. The summed E-state index contributed by atoms with van der Waals surface area (Å²) in [5.74, 6) is -0.133. The normalized spacial score (nSPS) is 16.4. The standard InChI is InChI=1S/C22H26F3N7O4S2/c1-14(29-20-15-4-3-5-16(22(23,24)25)19(15)27-13-28-20)11-31-6-8-32(9-7-31)38(34,35)18-10-26-21(37-18)30-17(33)12-36-2/h3-5,10,13-14H,6-9,11-12H2,1-2H3,(H,26,30,33)(H,27,28,29)/t14-/m0/s1. The van der Waals surface area contributed by atoms with Crippen LogP contribution in [0.15, 0.2) is 34.9 Å². The molecule has 11 nitrogen and oxygen atoms in total. The van der Waals surface area contributed by atoms with Crippen LogP contribution in [0.5, 0.6) is 0 Å². The monoisotopic (exact) mass is 573 g/mol. The van der Waals surface area contributed by atoms with E-state index in [1.165, 1.54) is 29.7 Å². The highest BCUT2D eigenvalue weighted by Gasteiger charge is 2.34. The smallest absolute Gasteiger partial charge is 0.375 e. The van der Waals surface area contributed by atoms with Crippen LogP contribution in [0.25, 0.3) is 10.9 Å². The van der Waals surface area contributed by atoms with Gasteiger partial charge in [0.25, 0.3) is 15.9 Å². The van der Waals surface area contributed by atoms with Gasteiger partial charge in [-0.3, -0.25) is 15.0 Å². The zero-order valence-corrected chi connectivity index (χ0v) is 22.2. The maximum atomic E-state index is 13.4. The van der Waals surface area contributed by atoms with Gasteiger partial charge in [-0.1, -0.05) is 17.4 Å². The second kappa shape index (κ2) is 11.4. The first-order chi connectivity index (χ1) is 18.0. The van der Waals surface area contributed by atoms with Gasteiger partial charge in [0.05, 0.1) is 17.3 Å². The quantitative estimate of drug-likeness (QED) is 0.397. The van der Waals surface area contributed by atoms with Crippen molar-refractivity contribution in [1.29, 1.82) is 0 Å². The van der Waals surface area contributed by atoms with E-state index in [1.807, 2.05) is 6.92 Å². The molecular formula is C22H26F3N7O4S2. The van der Waals surface area contributed by atoms with Gasteiger partial charge in [-0.25, -0.2) is 23.4 Å². The number of amides is 1. The van der Waals surface area contributed by atoms with Crippen LogP contribution in [0.2, 0.25) is 0 Å². The molecule has 0 aliphatic carbocycles. The number of halogens is 3. The minimum atomic E-state index is -4.53. The van der Waals surface area contributed by atoms with Crippen molar-refractivity contribution in [3.05, 3.63) is 36.3 Å². The van der Waals surface area contributed by atoms with Gasteiger partial charge in [0.1, 0.15) is 18.8 Å². The lowest BCUT2D eigenvalue weighted by molar-refractivity contribution is -0.136. The Bertz CT molecular complexity index is 1390. The summed E-state index contributed by atoms with van der Waals surface area (Å²) in [5.41, 5.74) is -0.996. The fraction of sp³-hybridized carbons (Fsp3) is 0.455. The van der Waals surface area contributed by atoms with Crippen LogP contribution in [0.3, 0.4) is 0 Å². The molecular weight excluding hydrogens is 547 g/mol. The van der Waals surface area contributed by atoms with Crippen LogP contribution in [-0.2, 0) is 25.7 Å². The number of ether oxygens (including phenoxy) is 1. The first-order valence-corrected chi connectivity index (χ1v) is 13.8. The van der Waals surface area contributed by atoms with Crippen molar-refractivity contribution in [3.63, 3.8) is 0 Å². The number of piperazine rings is 1. The number of thiazole rings is 1. The van der Waals surface area contributed by atoms with Crippen LogP contribution >= 0.6 is 11.3 Å².